The number of amides is 3. The third kappa shape index (κ3) is 4.56. The first-order valence-electron chi connectivity index (χ1n) is 9.74. The van der Waals surface area contributed by atoms with Gasteiger partial charge in [0.15, 0.2) is 0 Å². The van der Waals surface area contributed by atoms with E-state index in [0.717, 1.165) is 0 Å². The summed E-state index contributed by atoms with van der Waals surface area (Å²) >= 11 is 0. The van der Waals surface area contributed by atoms with E-state index in [1.54, 1.807) is 34.7 Å². The molecule has 0 unspecified atom stereocenters. The molecule has 2 aliphatic heterocycles. The number of carbonyl (C=O) groups is 3. The predicted molar refractivity (Wildman–Crippen MR) is 122 cm³/mol. The van der Waals surface area contributed by atoms with Crippen LogP contribution in [0.1, 0.15) is 17.3 Å². The summed E-state index contributed by atoms with van der Waals surface area (Å²) in [5, 5.41) is 0. The van der Waals surface area contributed by atoms with Crippen LogP contribution in [0.25, 0.3) is 0 Å². The summed E-state index contributed by atoms with van der Waals surface area (Å²) in [6, 6.07) is 14.7. The third-order valence-electron chi connectivity index (χ3n) is 5.59. The van der Waals surface area contributed by atoms with Crippen molar-refractivity contribution in [2.45, 2.75) is 6.92 Å². The molecule has 0 radical (unpaired) electrons. The molecule has 0 bridgehead atoms. The van der Waals surface area contributed by atoms with Gasteiger partial charge in [0.1, 0.15) is 0 Å². The number of nitrogens with zero attached hydrogens (tertiary/aromatic N) is 4. The zero-order valence-corrected chi connectivity index (χ0v) is 18.4. The molecule has 2 N–H and O–H groups in total. The van der Waals surface area contributed by atoms with Gasteiger partial charge in [0, 0.05) is 40.2 Å². The molecule has 0 saturated carbocycles. The number of rotatable bonds is 2. The molecule has 2 heterocycles. The zero-order valence-electron chi connectivity index (χ0n) is 17.6. The van der Waals surface area contributed by atoms with E-state index < -0.39 is 0 Å². The van der Waals surface area contributed by atoms with Crippen molar-refractivity contribution >= 4 is 47.2 Å². The molecule has 0 aromatic heterocycles. The zero-order chi connectivity index (χ0) is 20.5. The van der Waals surface area contributed by atoms with Crippen molar-refractivity contribution in [1.82, 2.24) is 9.80 Å². The Balaban J connectivity index is 0.00000171. The lowest BCUT2D eigenvalue weighted by Crippen LogP contribution is -2.50. The molecular weight excluding hydrogens is 420 g/mol. The van der Waals surface area contributed by atoms with Crippen molar-refractivity contribution < 1.29 is 19.9 Å². The molecule has 0 atom stereocenters. The van der Waals surface area contributed by atoms with Gasteiger partial charge in [-0.2, -0.15) is 0 Å². The van der Waals surface area contributed by atoms with E-state index in [-0.39, 0.29) is 42.1 Å². The lowest BCUT2D eigenvalue weighted by atomic mass is 10.1. The maximum Gasteiger partial charge on any atom is 0.260 e. The molecule has 8 nitrogen and oxygen atoms in total. The van der Waals surface area contributed by atoms with Gasteiger partial charge in [-0.25, -0.2) is 0 Å². The highest BCUT2D eigenvalue weighted by molar-refractivity contribution is 6.18. The maximum absolute atomic E-state index is 13.4. The van der Waals surface area contributed by atoms with Crippen molar-refractivity contribution in [2.75, 3.05) is 49.6 Å². The van der Waals surface area contributed by atoms with E-state index in [2.05, 4.69) is 4.90 Å². The Morgan fingerprint density at radius 1 is 0.871 bits per heavy atom. The summed E-state index contributed by atoms with van der Waals surface area (Å²) in [5.41, 5.74) is 2.49. The van der Waals surface area contributed by atoms with Gasteiger partial charge < -0.3 is 15.3 Å². The van der Waals surface area contributed by atoms with Crippen LogP contribution < -0.4 is 9.80 Å². The summed E-state index contributed by atoms with van der Waals surface area (Å²) in [7, 11) is 1.73. The van der Waals surface area contributed by atoms with Gasteiger partial charge in [-0.15, -0.1) is 12.4 Å². The topological polar surface area (TPSA) is 95.7 Å². The summed E-state index contributed by atoms with van der Waals surface area (Å²) in [6.45, 7) is 4.35. The smallest absolute Gasteiger partial charge is 0.260 e. The van der Waals surface area contributed by atoms with Gasteiger partial charge in [0.25, 0.3) is 5.91 Å². The first-order valence-corrected chi connectivity index (χ1v) is 9.74. The van der Waals surface area contributed by atoms with E-state index in [9.17, 15) is 14.4 Å². The molecule has 1 fully saturated rings. The second kappa shape index (κ2) is 9.91. The van der Waals surface area contributed by atoms with Crippen LogP contribution in [-0.4, -0.2) is 72.8 Å². The van der Waals surface area contributed by atoms with Crippen LogP contribution in [0.3, 0.4) is 0 Å². The van der Waals surface area contributed by atoms with E-state index in [1.807, 2.05) is 42.5 Å². The predicted octanol–water partition coefficient (Wildman–Crippen LogP) is 1.70. The Morgan fingerprint density at radius 3 is 2.03 bits per heavy atom. The van der Waals surface area contributed by atoms with E-state index >= 15 is 0 Å². The molecule has 0 spiro atoms. The van der Waals surface area contributed by atoms with Crippen LogP contribution in [0.5, 0.6) is 0 Å². The fourth-order valence-corrected chi connectivity index (χ4v) is 3.96. The standard InChI is InChI=1S/C22H24N4O3.ClH.H2O/c1-16(27)25-13-11-24(12-14-25)15-21(28)26-18-8-4-3-7-17(18)22(29)23(2)19-9-5-6-10-20(19)26;;/h3-10H,11-15H2,1-2H3;1H;1H2. The number of hydrogen-bond acceptors (Lipinski definition) is 4. The SMILES string of the molecule is CC(=O)N1CCN(CC(=O)N2c3ccccc3C(=O)N(C)c3ccccc32)CC1.Cl.O. The van der Waals surface area contributed by atoms with Gasteiger partial charge in [0.2, 0.25) is 11.8 Å². The number of fused-ring (bicyclic) bond motifs is 2. The molecule has 31 heavy (non-hydrogen) atoms. The van der Waals surface area contributed by atoms with Crippen LogP contribution in [0.2, 0.25) is 0 Å². The van der Waals surface area contributed by atoms with Crippen molar-refractivity contribution in [3.05, 3.63) is 54.1 Å². The number of anilines is 3. The monoisotopic (exact) mass is 446 g/mol. The third-order valence-corrected chi connectivity index (χ3v) is 5.59. The summed E-state index contributed by atoms with van der Waals surface area (Å²) < 4.78 is 0. The first-order chi connectivity index (χ1) is 14.0. The van der Waals surface area contributed by atoms with Crippen molar-refractivity contribution in [2.24, 2.45) is 0 Å². The Morgan fingerprint density at radius 2 is 1.42 bits per heavy atom. The van der Waals surface area contributed by atoms with E-state index in [4.69, 9.17) is 0 Å². The summed E-state index contributed by atoms with van der Waals surface area (Å²) in [5.74, 6) is -0.171. The van der Waals surface area contributed by atoms with E-state index in [0.29, 0.717) is 48.8 Å². The Hall–Kier alpha value is -2.94. The Labute approximate surface area is 187 Å². The number of hydrogen-bond donors (Lipinski definition) is 0. The number of halogens is 1. The Bertz CT molecular complexity index is 975. The van der Waals surface area contributed by atoms with Crippen molar-refractivity contribution in [3.8, 4) is 0 Å². The molecule has 0 aliphatic carbocycles. The van der Waals surface area contributed by atoms with Crippen LogP contribution in [-0.2, 0) is 9.59 Å². The van der Waals surface area contributed by atoms with Gasteiger partial charge in [-0.05, 0) is 24.3 Å². The minimum Gasteiger partial charge on any atom is -0.412 e. The average molecular weight is 447 g/mol. The number of para-hydroxylation sites is 3. The summed E-state index contributed by atoms with van der Waals surface area (Å²) in [6.07, 6.45) is 0. The largest absolute Gasteiger partial charge is 0.412 e. The molecule has 4 rings (SSSR count). The number of benzene rings is 2. The molecule has 9 heteroatoms. The van der Waals surface area contributed by atoms with Gasteiger partial charge in [-0.1, -0.05) is 24.3 Å². The first kappa shape index (κ1) is 24.3. The van der Waals surface area contributed by atoms with Crippen LogP contribution in [0.15, 0.2) is 48.5 Å². The van der Waals surface area contributed by atoms with Crippen LogP contribution in [0.4, 0.5) is 17.1 Å². The van der Waals surface area contributed by atoms with Crippen LogP contribution >= 0.6 is 12.4 Å². The second-order valence-electron chi connectivity index (χ2n) is 7.38. The van der Waals surface area contributed by atoms with Crippen molar-refractivity contribution in [1.29, 1.82) is 0 Å². The normalized spacial score (nSPS) is 15.8. The summed E-state index contributed by atoms with van der Waals surface area (Å²) in [4.78, 5) is 45.1. The molecule has 166 valence electrons. The molecule has 2 aromatic rings. The fraction of sp³-hybridized carbons (Fsp3) is 0.318. The van der Waals surface area contributed by atoms with Crippen LogP contribution in [0, 0.1) is 0 Å². The highest BCUT2D eigenvalue weighted by Gasteiger charge is 2.33. The molecule has 2 aliphatic rings. The quantitative estimate of drug-likeness (QED) is 0.701. The Kier molecular flexibility index (Phi) is 7.78. The maximum atomic E-state index is 13.4. The second-order valence-corrected chi connectivity index (χ2v) is 7.38. The molecule has 1 saturated heterocycles. The highest BCUT2D eigenvalue weighted by Crippen LogP contribution is 2.40. The fourth-order valence-electron chi connectivity index (χ4n) is 3.96. The van der Waals surface area contributed by atoms with Gasteiger partial charge >= 0.3 is 0 Å². The van der Waals surface area contributed by atoms with Crippen molar-refractivity contribution in [3.63, 3.8) is 0 Å². The number of piperazine rings is 1. The average Bonchev–Trinajstić information content (AvgIpc) is 2.82. The molecule has 2 aromatic carbocycles. The lowest BCUT2D eigenvalue weighted by Gasteiger charge is -2.35. The molecule has 3 amide bonds. The van der Waals surface area contributed by atoms with E-state index in [1.165, 1.54) is 0 Å². The van der Waals surface area contributed by atoms with Gasteiger partial charge in [0.05, 0.1) is 29.2 Å². The molecular formula is C22H27ClN4O4. The van der Waals surface area contributed by atoms with Gasteiger partial charge in [-0.3, -0.25) is 24.2 Å². The minimum atomic E-state index is -0.140. The highest BCUT2D eigenvalue weighted by atomic mass is 35.5. The minimum absolute atomic E-state index is 0. The lowest BCUT2D eigenvalue weighted by molar-refractivity contribution is -0.130. The number of carbonyl (C=O) groups excluding carboxylic acids is 3.